The van der Waals surface area contributed by atoms with Crippen molar-refractivity contribution in [3.8, 4) is 0 Å². The Bertz CT molecular complexity index is 978. The minimum Gasteiger partial charge on any atom is -0.358 e. The molecule has 3 N–H and O–H groups in total. The van der Waals surface area contributed by atoms with Crippen LogP contribution >= 0.6 is 0 Å². The molecule has 27 heavy (non-hydrogen) atoms. The number of piperidine rings is 1. The fourth-order valence-electron chi connectivity index (χ4n) is 3.92. The van der Waals surface area contributed by atoms with Crippen molar-refractivity contribution in [1.29, 1.82) is 0 Å². The van der Waals surface area contributed by atoms with Crippen LogP contribution in [0.4, 0.5) is 0 Å². The van der Waals surface area contributed by atoms with Gasteiger partial charge in [-0.25, -0.2) is 0 Å². The molecule has 1 fully saturated rings. The number of hydrogen-bond acceptors (Lipinski definition) is 3. The molecular formula is C21H27N5O. The van der Waals surface area contributed by atoms with Gasteiger partial charge >= 0.3 is 0 Å². The number of amides is 1. The van der Waals surface area contributed by atoms with Gasteiger partial charge in [0, 0.05) is 30.4 Å². The van der Waals surface area contributed by atoms with Crippen molar-refractivity contribution >= 4 is 16.8 Å². The molecule has 1 atom stereocenters. The summed E-state index contributed by atoms with van der Waals surface area (Å²) >= 11 is 0. The topological polar surface area (TPSA) is 74.7 Å². The lowest BCUT2D eigenvalue weighted by Crippen LogP contribution is -2.32. The Morgan fingerprint density at radius 2 is 2.19 bits per heavy atom. The first kappa shape index (κ1) is 17.8. The molecule has 0 spiro atoms. The summed E-state index contributed by atoms with van der Waals surface area (Å²) in [7, 11) is 0. The maximum atomic E-state index is 12.6. The number of aromatic amines is 1. The number of aryl methyl sites for hydroxylation is 3. The number of carbonyl (C=O) groups is 1. The second-order valence-electron chi connectivity index (χ2n) is 7.59. The molecule has 0 saturated carbocycles. The van der Waals surface area contributed by atoms with E-state index in [2.05, 4.69) is 53.6 Å². The number of aromatic nitrogens is 3. The Balaban J connectivity index is 1.49. The Kier molecular flexibility index (Phi) is 4.74. The highest BCUT2D eigenvalue weighted by atomic mass is 16.1. The van der Waals surface area contributed by atoms with E-state index in [-0.39, 0.29) is 5.91 Å². The molecule has 142 valence electrons. The molecule has 4 rings (SSSR count). The minimum absolute atomic E-state index is 0.132. The van der Waals surface area contributed by atoms with E-state index in [4.69, 9.17) is 0 Å². The first-order valence-corrected chi connectivity index (χ1v) is 9.65. The van der Waals surface area contributed by atoms with Crippen molar-refractivity contribution in [2.45, 2.75) is 46.2 Å². The van der Waals surface area contributed by atoms with Crippen molar-refractivity contribution in [3.05, 3.63) is 52.5 Å². The minimum atomic E-state index is -0.132. The molecule has 1 aliphatic heterocycles. The predicted molar refractivity (Wildman–Crippen MR) is 107 cm³/mol. The van der Waals surface area contributed by atoms with Crippen LogP contribution < -0.4 is 10.6 Å². The highest BCUT2D eigenvalue weighted by molar-refractivity contribution is 5.93. The van der Waals surface area contributed by atoms with Crippen molar-refractivity contribution < 1.29 is 4.79 Å². The lowest BCUT2D eigenvalue weighted by atomic mass is 10.0. The quantitative estimate of drug-likeness (QED) is 0.665. The molecule has 1 aliphatic rings. The van der Waals surface area contributed by atoms with Gasteiger partial charge in [0.2, 0.25) is 0 Å². The fraction of sp³-hybridized carbons (Fsp3) is 0.429. The van der Waals surface area contributed by atoms with Gasteiger partial charge in [-0.1, -0.05) is 11.6 Å². The Labute approximate surface area is 159 Å². The summed E-state index contributed by atoms with van der Waals surface area (Å²) < 4.78 is 1.92. The lowest BCUT2D eigenvalue weighted by Gasteiger charge is -2.22. The van der Waals surface area contributed by atoms with E-state index < -0.39 is 0 Å². The number of hydrogen-bond donors (Lipinski definition) is 3. The zero-order valence-corrected chi connectivity index (χ0v) is 16.2. The molecule has 1 amide bonds. The van der Waals surface area contributed by atoms with Crippen LogP contribution in [0.3, 0.4) is 0 Å². The first-order valence-electron chi connectivity index (χ1n) is 9.65. The monoisotopic (exact) mass is 365 g/mol. The number of nitrogens with one attached hydrogen (secondary N) is 3. The van der Waals surface area contributed by atoms with Gasteiger partial charge in [0.1, 0.15) is 5.69 Å². The normalized spacial score (nSPS) is 17.4. The fourth-order valence-corrected chi connectivity index (χ4v) is 3.92. The SMILES string of the molecule is Cc1cc(CNC(=O)c2ccn(C3CCCNC3)n2)c2[nH]c(C)c(C)c2c1. The molecule has 1 saturated heterocycles. The summed E-state index contributed by atoms with van der Waals surface area (Å²) in [6, 6.07) is 6.46. The largest absolute Gasteiger partial charge is 0.358 e. The van der Waals surface area contributed by atoms with Crippen LogP contribution in [0.1, 0.15) is 51.8 Å². The van der Waals surface area contributed by atoms with Crippen molar-refractivity contribution in [1.82, 2.24) is 25.4 Å². The van der Waals surface area contributed by atoms with Gasteiger partial charge in [0.25, 0.3) is 5.91 Å². The number of nitrogens with zero attached hydrogens (tertiary/aromatic N) is 2. The third-order valence-electron chi connectivity index (χ3n) is 5.57. The molecule has 1 unspecified atom stereocenters. The number of benzene rings is 1. The molecule has 2 aromatic heterocycles. The zero-order chi connectivity index (χ0) is 19.0. The Morgan fingerprint density at radius 3 is 2.96 bits per heavy atom. The Hall–Kier alpha value is -2.60. The van der Waals surface area contributed by atoms with Crippen LogP contribution in [0.25, 0.3) is 10.9 Å². The maximum absolute atomic E-state index is 12.6. The average Bonchev–Trinajstić information content (AvgIpc) is 3.27. The standard InChI is InChI=1S/C21H27N5O/c1-13-9-16(20-18(10-13)14(2)15(3)24-20)11-23-21(27)19-6-8-26(25-19)17-5-4-7-22-12-17/h6,8-10,17,22,24H,4-5,7,11-12H2,1-3H3,(H,23,27). The molecule has 0 aliphatic carbocycles. The summed E-state index contributed by atoms with van der Waals surface area (Å²) in [4.78, 5) is 16.0. The summed E-state index contributed by atoms with van der Waals surface area (Å²) in [5.74, 6) is -0.132. The third-order valence-corrected chi connectivity index (χ3v) is 5.57. The van der Waals surface area contributed by atoms with Gasteiger partial charge in [-0.15, -0.1) is 0 Å². The molecule has 1 aromatic carbocycles. The summed E-state index contributed by atoms with van der Waals surface area (Å²) in [6.07, 6.45) is 4.15. The maximum Gasteiger partial charge on any atom is 0.272 e. The van der Waals surface area contributed by atoms with Crippen LogP contribution in [0.2, 0.25) is 0 Å². The van der Waals surface area contributed by atoms with E-state index in [1.165, 1.54) is 22.2 Å². The molecule has 3 heterocycles. The van der Waals surface area contributed by atoms with Gasteiger partial charge < -0.3 is 15.6 Å². The van der Waals surface area contributed by atoms with E-state index in [9.17, 15) is 4.79 Å². The molecule has 3 aromatic rings. The number of carbonyl (C=O) groups excluding carboxylic acids is 1. The van der Waals surface area contributed by atoms with Gasteiger partial charge in [-0.05, 0) is 63.4 Å². The van der Waals surface area contributed by atoms with E-state index >= 15 is 0 Å². The summed E-state index contributed by atoms with van der Waals surface area (Å²) in [6.45, 7) is 8.76. The van der Waals surface area contributed by atoms with E-state index in [1.807, 2.05) is 10.9 Å². The van der Waals surface area contributed by atoms with Crippen molar-refractivity contribution in [2.24, 2.45) is 0 Å². The molecule has 6 nitrogen and oxygen atoms in total. The highest BCUT2D eigenvalue weighted by Crippen LogP contribution is 2.26. The van der Waals surface area contributed by atoms with Crippen LogP contribution in [0.15, 0.2) is 24.4 Å². The lowest BCUT2D eigenvalue weighted by molar-refractivity contribution is 0.0944. The smallest absolute Gasteiger partial charge is 0.272 e. The summed E-state index contributed by atoms with van der Waals surface area (Å²) in [5.41, 5.74) is 6.32. The molecule has 6 heteroatoms. The molecule has 0 radical (unpaired) electrons. The van der Waals surface area contributed by atoms with Gasteiger partial charge in [-0.2, -0.15) is 5.10 Å². The van der Waals surface area contributed by atoms with Gasteiger partial charge in [-0.3, -0.25) is 9.48 Å². The van der Waals surface area contributed by atoms with Crippen LogP contribution in [0.5, 0.6) is 0 Å². The first-order chi connectivity index (χ1) is 13.0. The number of fused-ring (bicyclic) bond motifs is 1. The Morgan fingerprint density at radius 1 is 1.33 bits per heavy atom. The van der Waals surface area contributed by atoms with E-state index in [0.717, 1.165) is 37.0 Å². The molecule has 0 bridgehead atoms. The second kappa shape index (κ2) is 7.19. The molecular weight excluding hydrogens is 338 g/mol. The predicted octanol–water partition coefficient (Wildman–Crippen LogP) is 3.14. The van der Waals surface area contributed by atoms with E-state index in [0.29, 0.717) is 18.3 Å². The van der Waals surface area contributed by atoms with Gasteiger partial charge in [0.15, 0.2) is 0 Å². The third kappa shape index (κ3) is 3.49. The number of rotatable bonds is 4. The van der Waals surface area contributed by atoms with E-state index in [1.54, 1.807) is 6.07 Å². The van der Waals surface area contributed by atoms with Crippen LogP contribution in [-0.2, 0) is 6.54 Å². The summed E-state index contributed by atoms with van der Waals surface area (Å²) in [5, 5.41) is 12.1. The zero-order valence-electron chi connectivity index (χ0n) is 16.2. The number of H-pyrrole nitrogens is 1. The highest BCUT2D eigenvalue weighted by Gasteiger charge is 2.18. The average molecular weight is 365 g/mol. The van der Waals surface area contributed by atoms with Crippen molar-refractivity contribution in [2.75, 3.05) is 13.1 Å². The van der Waals surface area contributed by atoms with Crippen LogP contribution in [-0.4, -0.2) is 33.8 Å². The van der Waals surface area contributed by atoms with Crippen LogP contribution in [0, 0.1) is 20.8 Å². The van der Waals surface area contributed by atoms with Crippen molar-refractivity contribution in [3.63, 3.8) is 0 Å². The second-order valence-corrected chi connectivity index (χ2v) is 7.59. The van der Waals surface area contributed by atoms with Gasteiger partial charge in [0.05, 0.1) is 11.6 Å².